The van der Waals surface area contributed by atoms with Gasteiger partial charge in [0.15, 0.2) is 5.75 Å². The normalized spacial score (nSPS) is 9.06. The Kier molecular flexibility index (Phi) is 4.53. The molecule has 0 spiro atoms. The zero-order chi connectivity index (χ0) is 13.5. The fraction of sp³-hybridized carbons (Fsp3) is 0.250. The molecule has 0 bridgehead atoms. The van der Waals surface area contributed by atoms with Crippen LogP contribution in [0.3, 0.4) is 0 Å². The predicted molar refractivity (Wildman–Crippen MR) is 64.5 cm³/mol. The van der Waals surface area contributed by atoms with E-state index in [0.29, 0.717) is 5.69 Å². The van der Waals surface area contributed by atoms with Crippen LogP contribution >= 0.6 is 0 Å². The molecule has 0 saturated carbocycles. The molecule has 0 aliphatic heterocycles. The lowest BCUT2D eigenvalue weighted by Crippen LogP contribution is -2.32. The summed E-state index contributed by atoms with van der Waals surface area (Å²) in [5.41, 5.74) is 6.26. The first-order valence-electron chi connectivity index (χ1n) is 5.11. The molecule has 6 nitrogen and oxygen atoms in total. The molecule has 18 heavy (non-hydrogen) atoms. The average molecular weight is 244 g/mol. The summed E-state index contributed by atoms with van der Waals surface area (Å²) < 4.78 is 5.07. The van der Waals surface area contributed by atoms with E-state index in [9.17, 15) is 4.79 Å². The summed E-state index contributed by atoms with van der Waals surface area (Å²) in [6, 6.07) is 8.43. The molecule has 0 radical (unpaired) electrons. The van der Waals surface area contributed by atoms with E-state index in [1.54, 1.807) is 18.2 Å². The van der Waals surface area contributed by atoms with Gasteiger partial charge in [-0.05, 0) is 12.1 Å². The fourth-order valence-electron chi connectivity index (χ4n) is 1.49. The molecule has 1 rings (SSSR count). The van der Waals surface area contributed by atoms with Crippen molar-refractivity contribution in [2.24, 2.45) is 0 Å². The number of nitriles is 2. The third-order valence-corrected chi connectivity index (χ3v) is 2.29. The molecule has 6 heteroatoms. The number of nitrogen functional groups attached to an aromatic ring is 1. The van der Waals surface area contributed by atoms with Crippen molar-refractivity contribution in [3.05, 3.63) is 23.8 Å². The van der Waals surface area contributed by atoms with Crippen LogP contribution in [0.25, 0.3) is 0 Å². The summed E-state index contributed by atoms with van der Waals surface area (Å²) in [6.07, 6.45) is 0. The van der Waals surface area contributed by atoms with Crippen LogP contribution in [-0.2, 0) is 0 Å². The average Bonchev–Trinajstić information content (AvgIpc) is 2.37. The number of para-hydroxylation sites is 1. The van der Waals surface area contributed by atoms with Gasteiger partial charge in [0.05, 0.1) is 30.5 Å². The van der Waals surface area contributed by atoms with Gasteiger partial charge in [-0.1, -0.05) is 6.07 Å². The van der Waals surface area contributed by atoms with Crippen molar-refractivity contribution in [3.8, 4) is 17.9 Å². The number of methoxy groups -OCH3 is 1. The Hall–Kier alpha value is -2.73. The molecule has 0 unspecified atom stereocenters. The van der Waals surface area contributed by atoms with Gasteiger partial charge >= 0.3 is 0 Å². The highest BCUT2D eigenvalue weighted by Gasteiger charge is 2.20. The Balaban J connectivity index is 3.13. The van der Waals surface area contributed by atoms with Gasteiger partial charge in [-0.2, -0.15) is 10.5 Å². The van der Waals surface area contributed by atoms with Gasteiger partial charge < -0.3 is 15.4 Å². The minimum Gasteiger partial charge on any atom is -0.494 e. The number of benzene rings is 1. The Labute approximate surface area is 105 Å². The topological polar surface area (TPSA) is 103 Å². The first-order chi connectivity index (χ1) is 8.65. The van der Waals surface area contributed by atoms with Crippen molar-refractivity contribution in [2.45, 2.75) is 0 Å². The fourth-order valence-corrected chi connectivity index (χ4v) is 1.49. The second kappa shape index (κ2) is 6.12. The minimum absolute atomic E-state index is 0.162. The predicted octanol–water partition coefficient (Wildman–Crippen LogP) is 0.767. The maximum atomic E-state index is 12.1. The van der Waals surface area contributed by atoms with Crippen molar-refractivity contribution in [1.29, 1.82) is 10.5 Å². The van der Waals surface area contributed by atoms with Crippen LogP contribution < -0.4 is 10.5 Å². The number of hydrogen-bond donors (Lipinski definition) is 1. The number of carbonyl (C=O) groups is 1. The van der Waals surface area contributed by atoms with Gasteiger partial charge in [-0.3, -0.25) is 4.79 Å². The minimum atomic E-state index is -0.456. The smallest absolute Gasteiger partial charge is 0.259 e. The summed E-state index contributed by atoms with van der Waals surface area (Å²) in [5.74, 6) is -0.203. The van der Waals surface area contributed by atoms with Crippen molar-refractivity contribution >= 4 is 11.6 Å². The molecule has 0 fully saturated rings. The van der Waals surface area contributed by atoms with E-state index in [0.717, 1.165) is 4.90 Å². The van der Waals surface area contributed by atoms with E-state index in [4.69, 9.17) is 21.0 Å². The third-order valence-electron chi connectivity index (χ3n) is 2.29. The number of ether oxygens (including phenoxy) is 1. The Morgan fingerprint density at radius 1 is 1.39 bits per heavy atom. The van der Waals surface area contributed by atoms with Gasteiger partial charge in [-0.25, -0.2) is 0 Å². The van der Waals surface area contributed by atoms with Crippen LogP contribution in [0.4, 0.5) is 5.69 Å². The summed E-state index contributed by atoms with van der Waals surface area (Å²) in [6.45, 7) is -0.325. The summed E-state index contributed by atoms with van der Waals surface area (Å²) in [5, 5.41) is 17.3. The molecule has 0 aliphatic carbocycles. The Morgan fingerprint density at radius 2 is 2.00 bits per heavy atom. The van der Waals surface area contributed by atoms with Gasteiger partial charge in [0.2, 0.25) is 0 Å². The number of rotatable bonds is 4. The highest BCUT2D eigenvalue weighted by molar-refractivity contribution is 5.98. The molecular formula is C12H12N4O2. The lowest BCUT2D eigenvalue weighted by molar-refractivity contribution is 0.0791. The summed E-state index contributed by atoms with van der Waals surface area (Å²) >= 11 is 0. The molecule has 1 aromatic rings. The number of anilines is 1. The molecular weight excluding hydrogens is 232 g/mol. The van der Waals surface area contributed by atoms with E-state index in [2.05, 4.69) is 0 Å². The van der Waals surface area contributed by atoms with E-state index in [1.165, 1.54) is 7.11 Å². The SMILES string of the molecule is COc1c(N)cccc1C(=O)N(CC#N)CC#N. The Bertz CT molecular complexity index is 512. The number of carbonyl (C=O) groups excluding carboxylic acids is 1. The van der Waals surface area contributed by atoms with Crippen molar-refractivity contribution < 1.29 is 9.53 Å². The second-order valence-electron chi connectivity index (χ2n) is 3.41. The highest BCUT2D eigenvalue weighted by Crippen LogP contribution is 2.26. The van der Waals surface area contributed by atoms with Crippen LogP contribution in [0.1, 0.15) is 10.4 Å². The van der Waals surface area contributed by atoms with Crippen molar-refractivity contribution in [1.82, 2.24) is 4.90 Å². The molecule has 0 aromatic heterocycles. The zero-order valence-electron chi connectivity index (χ0n) is 9.88. The van der Waals surface area contributed by atoms with Crippen LogP contribution in [0.15, 0.2) is 18.2 Å². The largest absolute Gasteiger partial charge is 0.494 e. The van der Waals surface area contributed by atoms with Gasteiger partial charge in [-0.15, -0.1) is 0 Å². The third kappa shape index (κ3) is 2.69. The van der Waals surface area contributed by atoms with Gasteiger partial charge in [0.1, 0.15) is 13.1 Å². The van der Waals surface area contributed by atoms with Gasteiger partial charge in [0, 0.05) is 0 Å². The Morgan fingerprint density at radius 3 is 2.50 bits per heavy atom. The number of amides is 1. The number of nitrogens with two attached hydrogens (primary N) is 1. The molecule has 1 amide bonds. The maximum absolute atomic E-state index is 12.1. The van der Waals surface area contributed by atoms with Crippen LogP contribution in [0.2, 0.25) is 0 Å². The number of hydrogen-bond acceptors (Lipinski definition) is 5. The maximum Gasteiger partial charge on any atom is 0.259 e. The van der Waals surface area contributed by atoms with Crippen LogP contribution in [0.5, 0.6) is 5.75 Å². The molecule has 0 atom stereocenters. The first-order valence-corrected chi connectivity index (χ1v) is 5.11. The zero-order valence-corrected chi connectivity index (χ0v) is 9.88. The standard InChI is InChI=1S/C12H12N4O2/c1-18-11-9(3-2-4-10(11)15)12(17)16(7-5-13)8-6-14/h2-4H,7-8,15H2,1H3. The van der Waals surface area contributed by atoms with E-state index >= 15 is 0 Å². The lowest BCUT2D eigenvalue weighted by atomic mass is 10.1. The van der Waals surface area contributed by atoms with E-state index in [-0.39, 0.29) is 24.4 Å². The first kappa shape index (κ1) is 13.3. The van der Waals surface area contributed by atoms with Crippen LogP contribution in [0, 0.1) is 22.7 Å². The molecule has 1 aromatic carbocycles. The monoisotopic (exact) mass is 244 g/mol. The van der Waals surface area contributed by atoms with E-state index in [1.807, 2.05) is 12.1 Å². The summed E-state index contributed by atoms with van der Waals surface area (Å²) in [4.78, 5) is 13.3. The van der Waals surface area contributed by atoms with Crippen molar-refractivity contribution in [2.75, 3.05) is 25.9 Å². The molecule has 0 saturated heterocycles. The van der Waals surface area contributed by atoms with Crippen molar-refractivity contribution in [3.63, 3.8) is 0 Å². The number of nitrogens with zero attached hydrogens (tertiary/aromatic N) is 3. The van der Waals surface area contributed by atoms with Crippen LogP contribution in [-0.4, -0.2) is 31.0 Å². The van der Waals surface area contributed by atoms with E-state index < -0.39 is 5.91 Å². The molecule has 2 N–H and O–H groups in total. The molecule has 0 heterocycles. The van der Waals surface area contributed by atoms with Gasteiger partial charge in [0.25, 0.3) is 5.91 Å². The second-order valence-corrected chi connectivity index (χ2v) is 3.41. The molecule has 0 aliphatic rings. The summed E-state index contributed by atoms with van der Waals surface area (Å²) in [7, 11) is 1.40. The quantitative estimate of drug-likeness (QED) is 0.622. The molecule has 92 valence electrons. The lowest BCUT2D eigenvalue weighted by Gasteiger charge is -2.18. The highest BCUT2D eigenvalue weighted by atomic mass is 16.5.